The highest BCUT2D eigenvalue weighted by Gasteiger charge is 2.35. The molecule has 0 unspecified atom stereocenters. The second kappa shape index (κ2) is 11.8. The van der Waals surface area contributed by atoms with E-state index in [1.807, 2.05) is 25.9 Å². The third-order valence-electron chi connectivity index (χ3n) is 6.04. The van der Waals surface area contributed by atoms with Gasteiger partial charge in [-0.25, -0.2) is 13.4 Å². The highest BCUT2D eigenvalue weighted by molar-refractivity contribution is 7.89. The zero-order valence-corrected chi connectivity index (χ0v) is 22.2. The molecule has 1 aromatic heterocycles. The molecule has 1 aromatic carbocycles. The fraction of sp³-hybridized carbons (Fsp3) is 0.462. The molecular weight excluding hydrogens is 480 g/mol. The molecule has 1 aliphatic rings. The van der Waals surface area contributed by atoms with Crippen LogP contribution in [0, 0.1) is 17.8 Å². The second-order valence-electron chi connectivity index (χ2n) is 9.34. The first kappa shape index (κ1) is 27.6. The van der Waals surface area contributed by atoms with Gasteiger partial charge in [0.1, 0.15) is 11.7 Å². The number of likely N-dealkylation sites (N-methyl/N-ethyl adjacent to an activating group) is 1. The Bertz CT molecular complexity index is 1220. The van der Waals surface area contributed by atoms with Crippen LogP contribution in [0.3, 0.4) is 0 Å². The van der Waals surface area contributed by atoms with E-state index in [1.54, 1.807) is 54.4 Å². The fourth-order valence-corrected chi connectivity index (χ4v) is 5.02. The first-order valence-electron chi connectivity index (χ1n) is 11.8. The first-order valence-corrected chi connectivity index (χ1v) is 13.2. The summed E-state index contributed by atoms with van der Waals surface area (Å²) < 4.78 is 33.7. The van der Waals surface area contributed by atoms with Gasteiger partial charge in [0, 0.05) is 31.3 Å². The maximum absolute atomic E-state index is 13.5. The molecule has 0 fully saturated rings. The van der Waals surface area contributed by atoms with Crippen LogP contribution in [0.25, 0.3) is 0 Å². The average molecular weight is 515 g/mol. The van der Waals surface area contributed by atoms with Crippen molar-refractivity contribution in [3.63, 3.8) is 0 Å². The van der Waals surface area contributed by atoms with Crippen LogP contribution in [0.15, 0.2) is 47.5 Å². The number of fused-ring (bicyclic) bond motifs is 1. The van der Waals surface area contributed by atoms with Gasteiger partial charge in [-0.05, 0) is 39.2 Å². The Balaban J connectivity index is 1.97. The minimum Gasteiger partial charge on any atom is -0.472 e. The number of nitrogens with zero attached hydrogens (tertiary/aromatic N) is 4. The molecule has 1 N–H and O–H groups in total. The summed E-state index contributed by atoms with van der Waals surface area (Å²) in [5.41, 5.74) is 0.801. The molecule has 1 aliphatic heterocycles. The van der Waals surface area contributed by atoms with Crippen molar-refractivity contribution in [3.05, 3.63) is 53.7 Å². The normalized spacial score (nSPS) is 19.1. The first-order chi connectivity index (χ1) is 17.0. The van der Waals surface area contributed by atoms with Crippen molar-refractivity contribution in [2.24, 2.45) is 5.92 Å². The molecular formula is C26H34N4O5S. The predicted octanol–water partition coefficient (Wildman–Crippen LogP) is 1.54. The molecule has 3 atom stereocenters. The zero-order valence-electron chi connectivity index (χ0n) is 21.4. The summed E-state index contributed by atoms with van der Waals surface area (Å²) in [7, 11) is 1.59. The van der Waals surface area contributed by atoms with E-state index in [2.05, 4.69) is 16.8 Å². The van der Waals surface area contributed by atoms with Crippen molar-refractivity contribution < 1.29 is 23.1 Å². The Morgan fingerprint density at radius 1 is 1.25 bits per heavy atom. The molecule has 0 radical (unpaired) electrons. The number of benzene rings is 1. The van der Waals surface area contributed by atoms with Crippen LogP contribution in [0.5, 0.6) is 5.88 Å². The van der Waals surface area contributed by atoms with Gasteiger partial charge in [0.05, 0.1) is 30.6 Å². The molecule has 2 heterocycles. The van der Waals surface area contributed by atoms with Gasteiger partial charge in [-0.3, -0.25) is 9.69 Å². The Labute approximate surface area is 213 Å². The largest absolute Gasteiger partial charge is 0.472 e. The van der Waals surface area contributed by atoms with Crippen molar-refractivity contribution >= 4 is 15.9 Å². The number of carbonyl (C=O) groups excluding carboxylic acids is 1. The number of rotatable bonds is 7. The SMILES string of the molecule is C[C@@H]1CN([C@H](C)CO)C(=O)c2cc(C#CCN(C)C)cnc2O[C@@H]1CN(C)S(=O)(=O)c1ccccc1. The summed E-state index contributed by atoms with van der Waals surface area (Å²) in [5, 5.41) is 9.81. The van der Waals surface area contributed by atoms with Crippen LogP contribution in [0.4, 0.5) is 0 Å². The lowest BCUT2D eigenvalue weighted by Crippen LogP contribution is -2.50. The lowest BCUT2D eigenvalue weighted by Gasteiger charge is -2.37. The van der Waals surface area contributed by atoms with Crippen molar-refractivity contribution in [2.75, 3.05) is 47.4 Å². The molecule has 0 aliphatic carbocycles. The van der Waals surface area contributed by atoms with E-state index in [0.29, 0.717) is 12.1 Å². The molecule has 9 nitrogen and oxygen atoms in total. The van der Waals surface area contributed by atoms with Crippen molar-refractivity contribution in [3.8, 4) is 17.7 Å². The second-order valence-corrected chi connectivity index (χ2v) is 11.4. The fourth-order valence-electron chi connectivity index (χ4n) is 3.81. The highest BCUT2D eigenvalue weighted by Crippen LogP contribution is 2.28. The van der Waals surface area contributed by atoms with E-state index in [1.165, 1.54) is 11.4 Å². The Hall–Kier alpha value is -2.97. The number of aliphatic hydroxyl groups excluding tert-OH is 1. The van der Waals surface area contributed by atoms with Crippen LogP contribution in [0.2, 0.25) is 0 Å². The minimum atomic E-state index is -3.74. The highest BCUT2D eigenvalue weighted by atomic mass is 32.2. The number of aliphatic hydroxyl groups is 1. The third-order valence-corrected chi connectivity index (χ3v) is 7.88. The molecule has 0 saturated carbocycles. The monoisotopic (exact) mass is 514 g/mol. The van der Waals surface area contributed by atoms with Crippen LogP contribution in [-0.2, 0) is 10.0 Å². The van der Waals surface area contributed by atoms with Crippen molar-refractivity contribution in [2.45, 2.75) is 30.9 Å². The smallest absolute Gasteiger partial charge is 0.259 e. The van der Waals surface area contributed by atoms with E-state index in [9.17, 15) is 18.3 Å². The van der Waals surface area contributed by atoms with Gasteiger partial charge in [-0.2, -0.15) is 4.31 Å². The zero-order chi connectivity index (χ0) is 26.5. The molecule has 3 rings (SSSR count). The predicted molar refractivity (Wildman–Crippen MR) is 137 cm³/mol. The summed E-state index contributed by atoms with van der Waals surface area (Å²) in [6, 6.07) is 9.40. The summed E-state index contributed by atoms with van der Waals surface area (Å²) >= 11 is 0. The maximum atomic E-state index is 13.5. The number of sulfonamides is 1. The topological polar surface area (TPSA) is 103 Å². The number of amides is 1. The van der Waals surface area contributed by atoms with Gasteiger partial charge in [0.15, 0.2) is 0 Å². The molecule has 2 aromatic rings. The van der Waals surface area contributed by atoms with Gasteiger partial charge in [0.2, 0.25) is 15.9 Å². The summed E-state index contributed by atoms with van der Waals surface area (Å²) in [5.74, 6) is 5.60. The molecule has 1 amide bonds. The van der Waals surface area contributed by atoms with Gasteiger partial charge in [-0.1, -0.05) is 37.0 Å². The van der Waals surface area contributed by atoms with E-state index in [0.717, 1.165) is 0 Å². The van der Waals surface area contributed by atoms with E-state index >= 15 is 0 Å². The van der Waals surface area contributed by atoms with Crippen LogP contribution in [0.1, 0.15) is 29.8 Å². The standard InChI is InChI=1S/C26H34N4O5S/c1-19-16-30(20(2)18-31)26(32)23-14-21(10-9-13-28(3)4)15-27-25(23)35-24(19)17-29(5)36(33,34)22-11-7-6-8-12-22/h6-8,11-12,14-15,19-20,24,31H,13,16-18H2,1-5H3/t19-,20-,24-/m1/s1. The molecule has 36 heavy (non-hydrogen) atoms. The quantitative estimate of drug-likeness (QED) is 0.559. The Morgan fingerprint density at radius 2 is 1.94 bits per heavy atom. The van der Waals surface area contributed by atoms with Crippen LogP contribution < -0.4 is 4.74 Å². The Morgan fingerprint density at radius 3 is 2.58 bits per heavy atom. The number of pyridine rings is 1. The number of hydrogen-bond donors (Lipinski definition) is 1. The summed E-state index contributed by atoms with van der Waals surface area (Å²) in [6.45, 7) is 4.33. The minimum absolute atomic E-state index is 0.0550. The van der Waals surface area contributed by atoms with Gasteiger partial charge in [0.25, 0.3) is 5.91 Å². The lowest BCUT2D eigenvalue weighted by molar-refractivity contribution is 0.0373. The van der Waals surface area contributed by atoms with Gasteiger partial charge >= 0.3 is 0 Å². The number of aromatic nitrogens is 1. The van der Waals surface area contributed by atoms with Crippen LogP contribution in [-0.4, -0.2) is 98.1 Å². The molecule has 10 heteroatoms. The molecule has 194 valence electrons. The average Bonchev–Trinajstić information content (AvgIpc) is 2.86. The van der Waals surface area contributed by atoms with Gasteiger partial charge < -0.3 is 14.7 Å². The third kappa shape index (κ3) is 6.42. The summed E-state index contributed by atoms with van der Waals surface area (Å²) in [6.07, 6.45) is 0.953. The number of carbonyl (C=O) groups is 1. The van der Waals surface area contributed by atoms with Crippen LogP contribution >= 0.6 is 0 Å². The van der Waals surface area contributed by atoms with E-state index in [4.69, 9.17) is 4.74 Å². The molecule has 0 spiro atoms. The van der Waals surface area contributed by atoms with Crippen molar-refractivity contribution in [1.29, 1.82) is 0 Å². The number of ether oxygens (including phenoxy) is 1. The molecule has 0 bridgehead atoms. The van der Waals surface area contributed by atoms with Gasteiger partial charge in [-0.15, -0.1) is 0 Å². The van der Waals surface area contributed by atoms with Crippen molar-refractivity contribution in [1.82, 2.24) is 19.1 Å². The van der Waals surface area contributed by atoms with E-state index < -0.39 is 22.2 Å². The number of hydrogen-bond acceptors (Lipinski definition) is 7. The molecule has 0 saturated heterocycles. The Kier molecular flexibility index (Phi) is 9.08. The maximum Gasteiger partial charge on any atom is 0.259 e. The lowest BCUT2D eigenvalue weighted by atomic mass is 10.0. The summed E-state index contributed by atoms with van der Waals surface area (Å²) in [4.78, 5) is 21.6. The van der Waals surface area contributed by atoms with E-state index in [-0.39, 0.29) is 47.9 Å².